The first kappa shape index (κ1) is 15.0. The summed E-state index contributed by atoms with van der Waals surface area (Å²) < 4.78 is 0. The van der Waals surface area contributed by atoms with Crippen LogP contribution in [0.25, 0.3) is 0 Å². The van der Waals surface area contributed by atoms with Gasteiger partial charge in [-0.15, -0.1) is 0 Å². The summed E-state index contributed by atoms with van der Waals surface area (Å²) in [5.74, 6) is 0. The maximum Gasteiger partial charge on any atom is 0.0378 e. The third-order valence-corrected chi connectivity index (χ3v) is 2.95. The summed E-state index contributed by atoms with van der Waals surface area (Å²) in [5, 5.41) is 3.62. The van der Waals surface area contributed by atoms with Gasteiger partial charge in [0.25, 0.3) is 0 Å². The summed E-state index contributed by atoms with van der Waals surface area (Å²) >= 11 is 0. The Labute approximate surface area is 111 Å². The highest BCUT2D eigenvalue weighted by atomic mass is 14.9. The molecule has 3 heteroatoms. The lowest BCUT2D eigenvalue weighted by Crippen LogP contribution is -2.35. The summed E-state index contributed by atoms with van der Waals surface area (Å²) in [7, 11) is 0. The van der Waals surface area contributed by atoms with E-state index < -0.39 is 0 Å². The number of nitrogen functional groups attached to an aromatic ring is 1. The lowest BCUT2D eigenvalue weighted by Gasteiger charge is -2.27. The van der Waals surface area contributed by atoms with E-state index in [0.717, 1.165) is 37.1 Å². The van der Waals surface area contributed by atoms with Gasteiger partial charge in [0.05, 0.1) is 0 Å². The number of anilines is 1. The molecule has 0 aliphatic carbocycles. The van der Waals surface area contributed by atoms with Crippen LogP contribution in [0, 0.1) is 5.41 Å². The molecule has 3 nitrogen and oxygen atoms in total. The van der Waals surface area contributed by atoms with E-state index in [1.54, 1.807) is 6.20 Å². The van der Waals surface area contributed by atoms with Crippen LogP contribution in [0.3, 0.4) is 0 Å². The average molecular weight is 249 g/mol. The monoisotopic (exact) mass is 249 g/mol. The molecule has 1 heterocycles. The molecule has 1 aromatic rings. The number of aromatic nitrogens is 1. The molecule has 0 radical (unpaired) electrons. The molecule has 0 saturated heterocycles. The fraction of sp³-hybridized carbons (Fsp3) is 0.667. The Bertz CT molecular complexity index is 355. The molecule has 1 rings (SSSR count). The zero-order chi connectivity index (χ0) is 13.6. The smallest absolute Gasteiger partial charge is 0.0378 e. The van der Waals surface area contributed by atoms with E-state index in [4.69, 9.17) is 5.73 Å². The third kappa shape index (κ3) is 5.50. The number of rotatable bonds is 6. The molecule has 1 aromatic heterocycles. The largest absolute Gasteiger partial charge is 0.398 e. The first-order valence-electron chi connectivity index (χ1n) is 6.84. The van der Waals surface area contributed by atoms with E-state index >= 15 is 0 Å². The highest BCUT2D eigenvalue weighted by Crippen LogP contribution is 2.23. The first-order valence-corrected chi connectivity index (χ1v) is 6.84. The van der Waals surface area contributed by atoms with E-state index in [2.05, 4.69) is 38.0 Å². The van der Waals surface area contributed by atoms with Crippen LogP contribution >= 0.6 is 0 Å². The van der Waals surface area contributed by atoms with Gasteiger partial charge in [-0.05, 0) is 42.9 Å². The number of hydrogen-bond donors (Lipinski definition) is 2. The number of nitrogens with two attached hydrogens (primary N) is 1. The van der Waals surface area contributed by atoms with E-state index in [9.17, 15) is 0 Å². The molecular weight excluding hydrogens is 222 g/mol. The second-order valence-corrected chi connectivity index (χ2v) is 6.19. The van der Waals surface area contributed by atoms with Gasteiger partial charge in [0.15, 0.2) is 0 Å². The Morgan fingerprint density at radius 2 is 2.11 bits per heavy atom. The van der Waals surface area contributed by atoms with E-state index in [0.29, 0.717) is 11.5 Å². The van der Waals surface area contributed by atoms with Crippen LogP contribution in [0.15, 0.2) is 18.5 Å². The fourth-order valence-corrected chi connectivity index (χ4v) is 2.18. The minimum Gasteiger partial charge on any atom is -0.398 e. The maximum atomic E-state index is 5.99. The highest BCUT2D eigenvalue weighted by molar-refractivity contribution is 5.44. The van der Waals surface area contributed by atoms with Crippen LogP contribution in [0.4, 0.5) is 5.69 Å². The Morgan fingerprint density at radius 3 is 2.67 bits per heavy atom. The van der Waals surface area contributed by atoms with Crippen molar-refractivity contribution in [1.29, 1.82) is 0 Å². The van der Waals surface area contributed by atoms with Crippen molar-refractivity contribution in [2.75, 3.05) is 12.3 Å². The Kier molecular flexibility index (Phi) is 5.60. The van der Waals surface area contributed by atoms with Gasteiger partial charge in [0, 0.05) is 24.1 Å². The summed E-state index contributed by atoms with van der Waals surface area (Å²) in [5.41, 5.74) is 8.31. The molecular formula is C15H27N3. The second kappa shape index (κ2) is 6.74. The molecule has 0 amide bonds. The number of nitrogens with zero attached hydrogens (tertiary/aromatic N) is 1. The van der Waals surface area contributed by atoms with Crippen molar-refractivity contribution in [2.45, 2.75) is 53.0 Å². The number of nitrogens with one attached hydrogen (secondary N) is 1. The Hall–Kier alpha value is -1.09. The van der Waals surface area contributed by atoms with Gasteiger partial charge in [0.2, 0.25) is 0 Å². The summed E-state index contributed by atoms with van der Waals surface area (Å²) in [4.78, 5) is 4.17. The van der Waals surface area contributed by atoms with Crippen molar-refractivity contribution >= 4 is 5.69 Å². The van der Waals surface area contributed by atoms with Gasteiger partial charge in [0.1, 0.15) is 0 Å². The zero-order valence-electron chi connectivity index (χ0n) is 12.2. The second-order valence-electron chi connectivity index (χ2n) is 6.19. The minimum absolute atomic E-state index is 0.322. The summed E-state index contributed by atoms with van der Waals surface area (Å²) in [6.07, 6.45) is 6.89. The summed E-state index contributed by atoms with van der Waals surface area (Å²) in [6.45, 7) is 10.1. The predicted octanol–water partition coefficient (Wildman–Crippen LogP) is 3.01. The predicted molar refractivity (Wildman–Crippen MR) is 78.5 cm³/mol. The van der Waals surface area contributed by atoms with Crippen LogP contribution in [-0.4, -0.2) is 17.6 Å². The number of pyridine rings is 1. The first-order chi connectivity index (χ1) is 8.42. The lowest BCUT2D eigenvalue weighted by molar-refractivity contribution is 0.306. The van der Waals surface area contributed by atoms with Gasteiger partial charge in [-0.25, -0.2) is 0 Å². The van der Waals surface area contributed by atoms with Crippen LogP contribution in [0.1, 0.15) is 46.1 Å². The molecule has 1 atom stereocenters. The van der Waals surface area contributed by atoms with Gasteiger partial charge >= 0.3 is 0 Å². The van der Waals surface area contributed by atoms with E-state index in [-0.39, 0.29) is 0 Å². The van der Waals surface area contributed by atoms with Crippen LogP contribution in [-0.2, 0) is 6.42 Å². The van der Waals surface area contributed by atoms with Crippen molar-refractivity contribution in [3.05, 3.63) is 24.0 Å². The fourth-order valence-electron chi connectivity index (χ4n) is 2.18. The van der Waals surface area contributed by atoms with Gasteiger partial charge < -0.3 is 11.1 Å². The quantitative estimate of drug-likeness (QED) is 0.815. The highest BCUT2D eigenvalue weighted by Gasteiger charge is 2.19. The molecule has 102 valence electrons. The lowest BCUT2D eigenvalue weighted by atomic mass is 9.86. The maximum absolute atomic E-state index is 5.99. The minimum atomic E-state index is 0.322. The van der Waals surface area contributed by atoms with E-state index in [1.165, 1.54) is 0 Å². The SMILES string of the molecule is CCCNC(Cc1cnccc1N)CC(C)(C)C. The van der Waals surface area contributed by atoms with Gasteiger partial charge in [-0.2, -0.15) is 0 Å². The average Bonchev–Trinajstić information content (AvgIpc) is 2.27. The Morgan fingerprint density at radius 1 is 1.39 bits per heavy atom. The summed E-state index contributed by atoms with van der Waals surface area (Å²) in [6, 6.07) is 2.35. The standard InChI is InChI=1S/C15H27N3/c1-5-7-18-13(10-15(2,3)4)9-12-11-17-8-6-14(12)16/h6,8,11,13,18H,5,7,9-10H2,1-4H3,(H2,16,17). The van der Waals surface area contributed by atoms with Crippen molar-refractivity contribution in [3.8, 4) is 0 Å². The molecule has 0 spiro atoms. The van der Waals surface area contributed by atoms with Crippen LogP contribution < -0.4 is 11.1 Å². The molecule has 3 N–H and O–H groups in total. The van der Waals surface area contributed by atoms with Crippen LogP contribution in [0.2, 0.25) is 0 Å². The molecule has 18 heavy (non-hydrogen) atoms. The van der Waals surface area contributed by atoms with Crippen molar-refractivity contribution in [1.82, 2.24) is 10.3 Å². The molecule has 1 unspecified atom stereocenters. The topological polar surface area (TPSA) is 50.9 Å². The normalized spacial score (nSPS) is 13.6. The Balaban J connectivity index is 2.69. The third-order valence-electron chi connectivity index (χ3n) is 2.95. The molecule has 0 saturated carbocycles. The molecule has 0 aliphatic heterocycles. The van der Waals surface area contributed by atoms with Crippen molar-refractivity contribution < 1.29 is 0 Å². The van der Waals surface area contributed by atoms with Gasteiger partial charge in [-0.3, -0.25) is 4.98 Å². The van der Waals surface area contributed by atoms with Crippen molar-refractivity contribution in [3.63, 3.8) is 0 Å². The molecule has 0 fully saturated rings. The zero-order valence-corrected chi connectivity index (χ0v) is 12.2. The van der Waals surface area contributed by atoms with Gasteiger partial charge in [-0.1, -0.05) is 27.7 Å². The number of hydrogen-bond acceptors (Lipinski definition) is 3. The molecule has 0 aromatic carbocycles. The van der Waals surface area contributed by atoms with Crippen molar-refractivity contribution in [2.24, 2.45) is 5.41 Å². The molecule has 0 bridgehead atoms. The van der Waals surface area contributed by atoms with Crippen LogP contribution in [0.5, 0.6) is 0 Å². The molecule has 0 aliphatic rings. The van der Waals surface area contributed by atoms with E-state index in [1.807, 2.05) is 12.3 Å².